The first-order chi connectivity index (χ1) is 8.85. The van der Waals surface area contributed by atoms with Crippen LogP contribution in [-0.4, -0.2) is 28.0 Å². The number of benzene rings is 1. The molecule has 0 aromatic heterocycles. The third-order valence-electron chi connectivity index (χ3n) is 3.03. The number of hydrogen-bond donors (Lipinski definition) is 2. The van der Waals surface area contributed by atoms with Crippen LogP contribution in [0.4, 0.5) is 10.1 Å². The van der Waals surface area contributed by atoms with Gasteiger partial charge < -0.3 is 5.32 Å². The van der Waals surface area contributed by atoms with Gasteiger partial charge in [0.15, 0.2) is 0 Å². The maximum absolute atomic E-state index is 14.2. The zero-order chi connectivity index (χ0) is 14.2. The molecule has 0 radical (unpaired) electrons. The summed E-state index contributed by atoms with van der Waals surface area (Å²) >= 11 is 1.36. The Morgan fingerprint density at radius 2 is 2.32 bits per heavy atom. The molecule has 0 saturated carbocycles. The van der Waals surface area contributed by atoms with E-state index >= 15 is 0 Å². The standard InChI is InChI=1S/C11H13FN4O2S/c1-11(6-19-15(2)10(13)14-11)7-4-3-5-8(9(7)12)16(17)18/h3-5H,6H2,1-2H3,(H2,13,14)/t11-/m0/s1. The van der Waals surface area contributed by atoms with E-state index in [1.807, 2.05) is 0 Å². The lowest BCUT2D eigenvalue weighted by Gasteiger charge is -2.39. The lowest BCUT2D eigenvalue weighted by molar-refractivity contribution is -0.387. The van der Waals surface area contributed by atoms with Crippen LogP contribution in [0.15, 0.2) is 18.2 Å². The first-order valence-electron chi connectivity index (χ1n) is 5.52. The predicted molar refractivity (Wildman–Crippen MR) is 71.5 cm³/mol. The highest BCUT2D eigenvalue weighted by atomic mass is 32.2. The van der Waals surface area contributed by atoms with Gasteiger partial charge in [0.05, 0.1) is 10.5 Å². The molecule has 1 atom stereocenters. The van der Waals surface area contributed by atoms with Crippen LogP contribution in [0.1, 0.15) is 12.5 Å². The minimum Gasteiger partial charge on any atom is -0.345 e. The Balaban J connectivity index is 2.44. The molecule has 0 unspecified atom stereocenters. The summed E-state index contributed by atoms with van der Waals surface area (Å²) in [6, 6.07) is 4.10. The molecular formula is C11H13FN4O2S. The van der Waals surface area contributed by atoms with E-state index in [4.69, 9.17) is 5.41 Å². The third-order valence-corrected chi connectivity index (χ3v) is 4.30. The highest BCUT2D eigenvalue weighted by Gasteiger charge is 2.37. The van der Waals surface area contributed by atoms with E-state index in [2.05, 4.69) is 5.32 Å². The quantitative estimate of drug-likeness (QED) is 0.493. The summed E-state index contributed by atoms with van der Waals surface area (Å²) in [5.41, 5.74) is -1.19. The fraction of sp³-hybridized carbons (Fsp3) is 0.364. The SMILES string of the molecule is CN1SC[C@@](C)(c2cccc([N+](=O)[O-])c2F)NC1=N. The molecule has 8 heteroatoms. The number of nitrogens with one attached hydrogen (secondary N) is 2. The molecule has 1 fully saturated rings. The number of nitro groups is 1. The molecular weight excluding hydrogens is 271 g/mol. The fourth-order valence-electron chi connectivity index (χ4n) is 1.90. The Morgan fingerprint density at radius 3 is 2.89 bits per heavy atom. The summed E-state index contributed by atoms with van der Waals surface area (Å²) in [4.78, 5) is 10.0. The summed E-state index contributed by atoms with van der Waals surface area (Å²) < 4.78 is 15.8. The number of hydrogen-bond acceptors (Lipinski definition) is 4. The monoisotopic (exact) mass is 284 g/mol. The van der Waals surface area contributed by atoms with E-state index in [9.17, 15) is 14.5 Å². The second-order valence-electron chi connectivity index (χ2n) is 4.47. The average Bonchev–Trinajstić information content (AvgIpc) is 2.34. The highest BCUT2D eigenvalue weighted by Crippen LogP contribution is 2.34. The molecule has 1 aromatic rings. The number of halogens is 1. The van der Waals surface area contributed by atoms with Crippen molar-refractivity contribution in [3.8, 4) is 0 Å². The molecule has 1 aromatic carbocycles. The van der Waals surface area contributed by atoms with Crippen molar-refractivity contribution in [2.24, 2.45) is 0 Å². The lowest BCUT2D eigenvalue weighted by Crippen LogP contribution is -2.54. The van der Waals surface area contributed by atoms with Crippen molar-refractivity contribution in [1.82, 2.24) is 9.62 Å². The van der Waals surface area contributed by atoms with Gasteiger partial charge in [-0.15, -0.1) is 0 Å². The molecule has 102 valence electrons. The van der Waals surface area contributed by atoms with Crippen LogP contribution in [-0.2, 0) is 5.54 Å². The van der Waals surface area contributed by atoms with E-state index in [0.29, 0.717) is 5.75 Å². The lowest BCUT2D eigenvalue weighted by atomic mass is 9.93. The van der Waals surface area contributed by atoms with Gasteiger partial charge in [-0.05, 0) is 18.9 Å². The molecule has 0 amide bonds. The van der Waals surface area contributed by atoms with Crippen LogP contribution in [0, 0.1) is 21.3 Å². The Hall–Kier alpha value is -1.83. The maximum atomic E-state index is 14.2. The highest BCUT2D eigenvalue weighted by molar-refractivity contribution is 7.97. The number of nitrogens with zero attached hydrogens (tertiary/aromatic N) is 2. The molecule has 1 aliphatic rings. The molecule has 0 bridgehead atoms. The van der Waals surface area contributed by atoms with Crippen molar-refractivity contribution >= 4 is 23.6 Å². The predicted octanol–water partition coefficient (Wildman–Crippen LogP) is 2.07. The van der Waals surface area contributed by atoms with Gasteiger partial charge in [-0.3, -0.25) is 19.8 Å². The molecule has 1 saturated heterocycles. The first kappa shape index (κ1) is 13.6. The van der Waals surface area contributed by atoms with Gasteiger partial charge in [0, 0.05) is 24.4 Å². The van der Waals surface area contributed by atoms with E-state index in [-0.39, 0.29) is 11.5 Å². The van der Waals surface area contributed by atoms with Crippen molar-refractivity contribution < 1.29 is 9.31 Å². The fourth-order valence-corrected chi connectivity index (χ4v) is 2.75. The van der Waals surface area contributed by atoms with Crippen molar-refractivity contribution in [2.75, 3.05) is 12.8 Å². The molecule has 6 nitrogen and oxygen atoms in total. The van der Waals surface area contributed by atoms with Gasteiger partial charge in [0.25, 0.3) is 0 Å². The van der Waals surface area contributed by atoms with Gasteiger partial charge in [0.1, 0.15) is 0 Å². The maximum Gasteiger partial charge on any atom is 0.305 e. The van der Waals surface area contributed by atoms with Gasteiger partial charge in [-0.2, -0.15) is 4.39 Å². The first-order valence-corrected chi connectivity index (χ1v) is 6.46. The summed E-state index contributed by atoms with van der Waals surface area (Å²) in [5.74, 6) is -0.227. The topological polar surface area (TPSA) is 82.3 Å². The average molecular weight is 284 g/mol. The normalized spacial score (nSPS) is 23.1. The van der Waals surface area contributed by atoms with Crippen LogP contribution in [0.25, 0.3) is 0 Å². The summed E-state index contributed by atoms with van der Waals surface area (Å²) in [7, 11) is 1.73. The summed E-state index contributed by atoms with van der Waals surface area (Å²) in [5, 5.41) is 21.4. The number of rotatable bonds is 2. The Morgan fingerprint density at radius 1 is 1.63 bits per heavy atom. The smallest absolute Gasteiger partial charge is 0.305 e. The number of nitro benzene ring substituents is 1. The molecule has 0 spiro atoms. The van der Waals surface area contributed by atoms with Crippen LogP contribution in [0.3, 0.4) is 0 Å². The Kier molecular flexibility index (Phi) is 3.36. The van der Waals surface area contributed by atoms with E-state index in [1.165, 1.54) is 24.1 Å². The van der Waals surface area contributed by atoms with Crippen molar-refractivity contribution in [3.63, 3.8) is 0 Å². The minimum absolute atomic E-state index is 0.143. The van der Waals surface area contributed by atoms with E-state index in [1.54, 1.807) is 18.3 Å². The molecule has 2 N–H and O–H groups in total. The van der Waals surface area contributed by atoms with Crippen molar-refractivity contribution in [2.45, 2.75) is 12.5 Å². The van der Waals surface area contributed by atoms with Gasteiger partial charge in [0.2, 0.25) is 11.8 Å². The van der Waals surface area contributed by atoms with E-state index in [0.717, 1.165) is 6.07 Å². The van der Waals surface area contributed by atoms with Gasteiger partial charge in [-0.25, -0.2) is 0 Å². The molecule has 1 heterocycles. The zero-order valence-corrected chi connectivity index (χ0v) is 11.3. The van der Waals surface area contributed by atoms with Crippen LogP contribution in [0.5, 0.6) is 0 Å². The van der Waals surface area contributed by atoms with Crippen molar-refractivity contribution in [3.05, 3.63) is 39.7 Å². The molecule has 1 aliphatic heterocycles. The molecule has 19 heavy (non-hydrogen) atoms. The van der Waals surface area contributed by atoms with Crippen LogP contribution in [0.2, 0.25) is 0 Å². The summed E-state index contributed by atoms with van der Waals surface area (Å²) in [6.45, 7) is 1.73. The second kappa shape index (κ2) is 4.69. The Bertz CT molecular complexity index is 553. The van der Waals surface area contributed by atoms with Crippen LogP contribution >= 0.6 is 11.9 Å². The summed E-state index contributed by atoms with van der Waals surface area (Å²) in [6.07, 6.45) is 0. The molecule has 2 rings (SSSR count). The Labute approximate surface area is 113 Å². The van der Waals surface area contributed by atoms with Crippen molar-refractivity contribution in [1.29, 1.82) is 5.41 Å². The third kappa shape index (κ3) is 2.35. The molecule has 0 aliphatic carbocycles. The zero-order valence-electron chi connectivity index (χ0n) is 10.4. The largest absolute Gasteiger partial charge is 0.345 e. The second-order valence-corrected chi connectivity index (χ2v) is 5.57. The van der Waals surface area contributed by atoms with Crippen LogP contribution < -0.4 is 5.32 Å². The van der Waals surface area contributed by atoms with Gasteiger partial charge in [-0.1, -0.05) is 12.1 Å². The number of guanidine groups is 1. The van der Waals surface area contributed by atoms with Gasteiger partial charge >= 0.3 is 5.69 Å². The minimum atomic E-state index is -0.847. The van der Waals surface area contributed by atoms with E-state index < -0.39 is 22.0 Å².